The second-order valence-electron chi connectivity index (χ2n) is 7.32. The van der Waals surface area contributed by atoms with Crippen molar-refractivity contribution in [3.63, 3.8) is 0 Å². The number of hydrogen-bond acceptors (Lipinski definition) is 5. The van der Waals surface area contributed by atoms with Gasteiger partial charge in [0.25, 0.3) is 0 Å². The van der Waals surface area contributed by atoms with E-state index in [2.05, 4.69) is 34.3 Å². The Morgan fingerprint density at radius 3 is 2.39 bits per heavy atom. The number of aromatic nitrogens is 2. The number of H-pyrrole nitrogens is 1. The van der Waals surface area contributed by atoms with Gasteiger partial charge < -0.3 is 9.84 Å². The summed E-state index contributed by atoms with van der Waals surface area (Å²) < 4.78 is 50.3. The number of fused-ring (bicyclic) bond motifs is 1. The van der Waals surface area contributed by atoms with Gasteiger partial charge in [-0.1, -0.05) is 18.2 Å². The van der Waals surface area contributed by atoms with Crippen LogP contribution in [0.1, 0.15) is 27.0 Å². The molecule has 0 saturated heterocycles. The number of esters is 1. The number of rotatable bonds is 4. The van der Waals surface area contributed by atoms with Gasteiger partial charge in [-0.25, -0.2) is 14.0 Å². The summed E-state index contributed by atoms with van der Waals surface area (Å²) in [6.45, 7) is 2.06. The zero-order valence-corrected chi connectivity index (χ0v) is 17.3. The minimum atomic E-state index is -5.08. The van der Waals surface area contributed by atoms with Crippen LogP contribution in [0.2, 0.25) is 0 Å². The highest BCUT2D eigenvalue weighted by Gasteiger charge is 2.38. The fourth-order valence-corrected chi connectivity index (χ4v) is 3.21. The normalized spacial score (nSPS) is 13.1. The highest BCUT2D eigenvalue weighted by atomic mass is 19.4. The number of halogens is 4. The number of nitrogens with zero attached hydrogens (tertiary/aromatic N) is 2. The molecule has 0 bridgehead atoms. The Morgan fingerprint density at radius 2 is 1.76 bits per heavy atom. The fourth-order valence-electron chi connectivity index (χ4n) is 3.21. The van der Waals surface area contributed by atoms with Gasteiger partial charge in [-0.2, -0.15) is 18.3 Å². The molecule has 1 aliphatic rings. The van der Waals surface area contributed by atoms with Crippen LogP contribution in [0.3, 0.4) is 0 Å². The summed E-state index contributed by atoms with van der Waals surface area (Å²) in [5.41, 5.74) is 5.08. The minimum absolute atomic E-state index is 0.198. The third kappa shape index (κ3) is 6.16. The number of carbonyl (C=O) groups excluding carboxylic acids is 1. The molecule has 0 radical (unpaired) electrons. The molecule has 3 aromatic rings. The lowest BCUT2D eigenvalue weighted by atomic mass is 10.1. The van der Waals surface area contributed by atoms with E-state index in [1.165, 1.54) is 29.5 Å². The van der Waals surface area contributed by atoms with E-state index >= 15 is 0 Å². The zero-order chi connectivity index (χ0) is 24.2. The molecule has 4 rings (SSSR count). The van der Waals surface area contributed by atoms with Crippen LogP contribution in [-0.4, -0.2) is 45.4 Å². The second-order valence-corrected chi connectivity index (χ2v) is 7.32. The van der Waals surface area contributed by atoms with Crippen molar-refractivity contribution < 1.29 is 37.0 Å². The number of aromatic amines is 1. The highest BCUT2D eigenvalue weighted by Crippen LogP contribution is 2.24. The maximum absolute atomic E-state index is 13.1. The van der Waals surface area contributed by atoms with Crippen LogP contribution < -0.4 is 0 Å². The van der Waals surface area contributed by atoms with E-state index in [1.807, 2.05) is 6.07 Å². The number of ether oxygens (including phenoxy) is 1. The van der Waals surface area contributed by atoms with E-state index in [9.17, 15) is 22.4 Å². The summed E-state index contributed by atoms with van der Waals surface area (Å²) in [6, 6.07) is 12.0. The Morgan fingerprint density at radius 1 is 1.12 bits per heavy atom. The summed E-state index contributed by atoms with van der Waals surface area (Å²) in [5.74, 6) is -3.55. The van der Waals surface area contributed by atoms with E-state index in [0.29, 0.717) is 16.8 Å². The van der Waals surface area contributed by atoms with Crippen LogP contribution in [0.4, 0.5) is 17.6 Å². The van der Waals surface area contributed by atoms with E-state index in [4.69, 9.17) is 14.6 Å². The van der Waals surface area contributed by atoms with Crippen molar-refractivity contribution in [1.82, 2.24) is 15.1 Å². The molecule has 7 nitrogen and oxygen atoms in total. The average molecular weight is 465 g/mol. The quantitative estimate of drug-likeness (QED) is 0.444. The smallest absolute Gasteiger partial charge is 0.475 e. The van der Waals surface area contributed by atoms with Crippen LogP contribution in [-0.2, 0) is 29.2 Å². The number of carbonyl (C=O) groups is 2. The topological polar surface area (TPSA) is 95.5 Å². The summed E-state index contributed by atoms with van der Waals surface area (Å²) in [6.07, 6.45) is -3.65. The van der Waals surface area contributed by atoms with Gasteiger partial charge in [-0.3, -0.25) is 10.00 Å². The van der Waals surface area contributed by atoms with Crippen molar-refractivity contribution in [2.75, 3.05) is 7.05 Å². The highest BCUT2D eigenvalue weighted by molar-refractivity contribution is 5.95. The maximum Gasteiger partial charge on any atom is 0.490 e. The second kappa shape index (κ2) is 9.82. The first-order valence-electron chi connectivity index (χ1n) is 9.60. The Balaban J connectivity index is 0.000000383. The largest absolute Gasteiger partial charge is 0.490 e. The lowest BCUT2D eigenvalue weighted by Crippen LogP contribution is -2.21. The van der Waals surface area contributed by atoms with E-state index in [0.717, 1.165) is 18.7 Å². The Kier molecular flexibility index (Phi) is 7.12. The standard InChI is InChI=1S/C20H18FN3O2.C2HF3O2/c1-24-10-15-3-2-13(8-16(15)11-24)12-26-20(25)18-9-22-23-19(18)14-4-6-17(21)7-5-14;3-2(4,5)1(6)7/h2-9H,10-12H2,1H3,(H,22,23);(H,6,7). The summed E-state index contributed by atoms with van der Waals surface area (Å²) in [5, 5.41) is 13.8. The van der Waals surface area contributed by atoms with Crippen LogP contribution in [0, 0.1) is 5.82 Å². The molecule has 11 heteroatoms. The lowest BCUT2D eigenvalue weighted by Gasteiger charge is -2.07. The van der Waals surface area contributed by atoms with E-state index < -0.39 is 18.1 Å². The van der Waals surface area contributed by atoms with Crippen LogP contribution >= 0.6 is 0 Å². The number of benzene rings is 2. The fraction of sp³-hybridized carbons (Fsp3) is 0.227. The van der Waals surface area contributed by atoms with E-state index in [-0.39, 0.29) is 12.4 Å². The third-order valence-electron chi connectivity index (χ3n) is 4.76. The van der Waals surface area contributed by atoms with Crippen molar-refractivity contribution in [2.45, 2.75) is 25.9 Å². The summed E-state index contributed by atoms with van der Waals surface area (Å²) >= 11 is 0. The first-order chi connectivity index (χ1) is 15.5. The van der Waals surface area contributed by atoms with Crippen molar-refractivity contribution in [3.8, 4) is 11.3 Å². The summed E-state index contributed by atoms with van der Waals surface area (Å²) in [4.78, 5) is 23.6. The molecule has 0 amide bonds. The molecule has 0 atom stereocenters. The Hall–Kier alpha value is -3.73. The van der Waals surface area contributed by atoms with Crippen molar-refractivity contribution in [3.05, 3.63) is 76.7 Å². The number of hydrogen-bond donors (Lipinski definition) is 2. The average Bonchev–Trinajstić information content (AvgIpc) is 3.38. The van der Waals surface area contributed by atoms with Gasteiger partial charge in [0.1, 0.15) is 18.0 Å². The van der Waals surface area contributed by atoms with Gasteiger partial charge in [0.05, 0.1) is 11.9 Å². The van der Waals surface area contributed by atoms with Crippen molar-refractivity contribution >= 4 is 11.9 Å². The lowest BCUT2D eigenvalue weighted by molar-refractivity contribution is -0.192. The number of carboxylic acid groups (broad SMARTS) is 1. The molecule has 0 fully saturated rings. The molecule has 0 saturated carbocycles. The molecule has 33 heavy (non-hydrogen) atoms. The Bertz CT molecular complexity index is 1140. The van der Waals surface area contributed by atoms with Gasteiger partial charge in [-0.05, 0) is 48.0 Å². The molecule has 2 aromatic carbocycles. The van der Waals surface area contributed by atoms with Crippen molar-refractivity contribution in [2.24, 2.45) is 0 Å². The molecule has 0 spiro atoms. The molecule has 0 aliphatic carbocycles. The van der Waals surface area contributed by atoms with Gasteiger partial charge in [-0.15, -0.1) is 0 Å². The van der Waals surface area contributed by atoms with Crippen LogP contribution in [0.5, 0.6) is 0 Å². The number of carboxylic acids is 1. The van der Waals surface area contributed by atoms with Gasteiger partial charge in [0.2, 0.25) is 0 Å². The molecule has 2 heterocycles. The molecule has 1 aromatic heterocycles. The third-order valence-corrected chi connectivity index (χ3v) is 4.76. The molecular formula is C22H19F4N3O4. The van der Waals surface area contributed by atoms with E-state index in [1.54, 1.807) is 12.1 Å². The molecule has 1 aliphatic heterocycles. The van der Waals surface area contributed by atoms with Crippen LogP contribution in [0.15, 0.2) is 48.7 Å². The maximum atomic E-state index is 13.1. The monoisotopic (exact) mass is 465 g/mol. The minimum Gasteiger partial charge on any atom is -0.475 e. The van der Waals surface area contributed by atoms with Gasteiger partial charge in [0, 0.05) is 18.7 Å². The van der Waals surface area contributed by atoms with Crippen LogP contribution in [0.25, 0.3) is 11.3 Å². The predicted octanol–water partition coefficient (Wildman–Crippen LogP) is 4.15. The molecular weight excluding hydrogens is 446 g/mol. The number of nitrogens with one attached hydrogen (secondary N) is 1. The SMILES string of the molecule is CN1Cc2ccc(COC(=O)c3cn[nH]c3-c3ccc(F)cc3)cc2C1.O=C(O)C(F)(F)F. The first-order valence-corrected chi connectivity index (χ1v) is 9.60. The molecule has 174 valence electrons. The molecule has 2 N–H and O–H groups in total. The Labute approximate surface area is 185 Å². The van der Waals surface area contributed by atoms with Crippen molar-refractivity contribution in [1.29, 1.82) is 0 Å². The first kappa shape index (κ1) is 23.9. The predicted molar refractivity (Wildman–Crippen MR) is 108 cm³/mol. The van der Waals surface area contributed by atoms with Gasteiger partial charge in [0.15, 0.2) is 0 Å². The number of alkyl halides is 3. The summed E-state index contributed by atoms with van der Waals surface area (Å²) in [7, 11) is 2.08. The zero-order valence-electron chi connectivity index (χ0n) is 17.3. The molecule has 0 unspecified atom stereocenters. The van der Waals surface area contributed by atoms with Gasteiger partial charge >= 0.3 is 18.1 Å². The number of aliphatic carboxylic acids is 1.